The number of unbranched alkanes of at least 4 members (excludes halogenated alkanes) is 5. The van der Waals surface area contributed by atoms with E-state index in [4.69, 9.17) is 11.6 Å². The number of aromatic nitrogens is 1. The van der Waals surface area contributed by atoms with E-state index in [-0.39, 0.29) is 5.78 Å². The molecule has 0 amide bonds. The fraction of sp³-hybridized carbons (Fsp3) is 0.471. The molecule has 3 heteroatoms. The van der Waals surface area contributed by atoms with Crippen LogP contribution in [0.3, 0.4) is 0 Å². The summed E-state index contributed by atoms with van der Waals surface area (Å²) < 4.78 is 0. The van der Waals surface area contributed by atoms with Crippen LogP contribution in [0.25, 0.3) is 10.9 Å². The molecule has 0 fully saturated rings. The summed E-state index contributed by atoms with van der Waals surface area (Å²) in [4.78, 5) is 15.4. The molecule has 0 saturated carbocycles. The number of rotatable bonds is 8. The summed E-state index contributed by atoms with van der Waals surface area (Å²) in [5.74, 6) is 0.217. The van der Waals surface area contributed by atoms with E-state index in [1.54, 1.807) is 6.20 Å². The third-order valence-corrected chi connectivity index (χ3v) is 3.94. The minimum Gasteiger partial charge on any atom is -0.360 e. The number of nitrogens with one attached hydrogen (secondary N) is 1. The highest BCUT2D eigenvalue weighted by atomic mass is 35.5. The van der Waals surface area contributed by atoms with Crippen molar-refractivity contribution in [2.75, 3.05) is 0 Å². The van der Waals surface area contributed by atoms with Gasteiger partial charge in [0.25, 0.3) is 0 Å². The Bertz CT molecular complexity index is 573. The van der Waals surface area contributed by atoms with Crippen LogP contribution in [0.1, 0.15) is 62.2 Å². The van der Waals surface area contributed by atoms with Crippen molar-refractivity contribution >= 4 is 28.3 Å². The zero-order chi connectivity index (χ0) is 14.4. The smallest absolute Gasteiger partial charge is 0.165 e. The van der Waals surface area contributed by atoms with Crippen molar-refractivity contribution in [1.29, 1.82) is 0 Å². The molecular formula is C17H22ClNO. The second-order valence-electron chi connectivity index (χ2n) is 5.33. The normalized spacial score (nSPS) is 11.1. The number of H-pyrrole nitrogens is 1. The van der Waals surface area contributed by atoms with E-state index < -0.39 is 0 Å². The second-order valence-corrected chi connectivity index (χ2v) is 5.77. The zero-order valence-electron chi connectivity index (χ0n) is 12.0. The molecule has 0 bridgehead atoms. The zero-order valence-corrected chi connectivity index (χ0v) is 12.8. The predicted octanol–water partition coefficient (Wildman–Crippen LogP) is 5.75. The maximum atomic E-state index is 12.3. The molecule has 2 rings (SSSR count). The number of benzene rings is 1. The van der Waals surface area contributed by atoms with Crippen LogP contribution in [0.5, 0.6) is 0 Å². The molecule has 1 aromatic carbocycles. The van der Waals surface area contributed by atoms with Crippen LogP contribution in [0.4, 0.5) is 0 Å². The molecule has 0 atom stereocenters. The number of hydrogen-bond donors (Lipinski definition) is 1. The van der Waals surface area contributed by atoms with Crippen LogP contribution < -0.4 is 0 Å². The highest BCUT2D eigenvalue weighted by molar-refractivity contribution is 6.31. The van der Waals surface area contributed by atoms with Gasteiger partial charge in [-0.2, -0.15) is 0 Å². The molecule has 1 aromatic heterocycles. The van der Waals surface area contributed by atoms with E-state index in [9.17, 15) is 4.79 Å². The van der Waals surface area contributed by atoms with Crippen molar-refractivity contribution in [2.45, 2.75) is 51.9 Å². The quantitative estimate of drug-likeness (QED) is 0.487. The summed E-state index contributed by atoms with van der Waals surface area (Å²) in [7, 11) is 0. The minimum atomic E-state index is 0.217. The van der Waals surface area contributed by atoms with E-state index in [1.165, 1.54) is 25.7 Å². The Hall–Kier alpha value is -1.28. The van der Waals surface area contributed by atoms with Crippen LogP contribution in [0, 0.1) is 0 Å². The first-order valence-electron chi connectivity index (χ1n) is 7.52. The van der Waals surface area contributed by atoms with E-state index in [2.05, 4.69) is 11.9 Å². The molecule has 1 heterocycles. The van der Waals surface area contributed by atoms with Gasteiger partial charge < -0.3 is 4.98 Å². The molecule has 2 aromatic rings. The Balaban J connectivity index is 1.89. The van der Waals surface area contributed by atoms with Crippen molar-refractivity contribution in [3.8, 4) is 0 Å². The van der Waals surface area contributed by atoms with Crippen molar-refractivity contribution in [1.82, 2.24) is 4.98 Å². The fourth-order valence-electron chi connectivity index (χ4n) is 2.52. The van der Waals surface area contributed by atoms with Gasteiger partial charge in [0, 0.05) is 34.1 Å². The van der Waals surface area contributed by atoms with Crippen LogP contribution >= 0.6 is 11.6 Å². The van der Waals surface area contributed by atoms with Gasteiger partial charge in [-0.1, -0.05) is 50.6 Å². The molecule has 0 radical (unpaired) electrons. The first-order valence-corrected chi connectivity index (χ1v) is 7.90. The lowest BCUT2D eigenvalue weighted by Crippen LogP contribution is -1.97. The third-order valence-electron chi connectivity index (χ3n) is 3.70. The van der Waals surface area contributed by atoms with E-state index in [1.807, 2.05) is 18.2 Å². The Morgan fingerprint density at radius 1 is 1.15 bits per heavy atom. The molecule has 20 heavy (non-hydrogen) atoms. The minimum absolute atomic E-state index is 0.217. The summed E-state index contributed by atoms with van der Waals surface area (Å²) in [5.41, 5.74) is 1.75. The maximum absolute atomic E-state index is 12.3. The summed E-state index contributed by atoms with van der Waals surface area (Å²) in [5, 5.41) is 1.61. The van der Waals surface area contributed by atoms with Gasteiger partial charge in [0.05, 0.1) is 0 Å². The molecule has 2 nitrogen and oxygen atoms in total. The van der Waals surface area contributed by atoms with Crippen molar-refractivity contribution < 1.29 is 4.79 Å². The van der Waals surface area contributed by atoms with Gasteiger partial charge in [0.15, 0.2) is 5.78 Å². The predicted molar refractivity (Wildman–Crippen MR) is 85.6 cm³/mol. The Kier molecular flexibility index (Phi) is 5.66. The molecule has 0 spiro atoms. The Labute approximate surface area is 125 Å². The average molecular weight is 292 g/mol. The van der Waals surface area contributed by atoms with Gasteiger partial charge in [0.1, 0.15) is 0 Å². The topological polar surface area (TPSA) is 32.9 Å². The van der Waals surface area contributed by atoms with Crippen molar-refractivity contribution in [3.05, 3.63) is 35.0 Å². The third kappa shape index (κ3) is 3.86. The van der Waals surface area contributed by atoms with Crippen LogP contribution in [0.2, 0.25) is 5.02 Å². The molecule has 1 N–H and O–H groups in total. The van der Waals surface area contributed by atoms with E-state index >= 15 is 0 Å². The van der Waals surface area contributed by atoms with Gasteiger partial charge in [-0.3, -0.25) is 4.79 Å². The number of ketones is 1. The van der Waals surface area contributed by atoms with Gasteiger partial charge in [-0.15, -0.1) is 0 Å². The first kappa shape index (κ1) is 15.1. The fourth-order valence-corrected chi connectivity index (χ4v) is 2.70. The van der Waals surface area contributed by atoms with Crippen LogP contribution in [-0.4, -0.2) is 10.8 Å². The lowest BCUT2D eigenvalue weighted by Gasteiger charge is -2.01. The lowest BCUT2D eigenvalue weighted by molar-refractivity contribution is 0.0980. The Morgan fingerprint density at radius 2 is 1.90 bits per heavy atom. The van der Waals surface area contributed by atoms with E-state index in [0.29, 0.717) is 11.4 Å². The number of halogens is 1. The molecule has 0 aliphatic rings. The standard InChI is InChI=1S/C17H22ClNO/c1-2-3-4-5-6-7-8-17(20)15-12-19-16-10-9-13(18)11-14(15)16/h9-12,19H,2-8H2,1H3. The summed E-state index contributed by atoms with van der Waals surface area (Å²) in [6.07, 6.45) is 9.65. The molecule has 108 valence electrons. The molecule has 0 unspecified atom stereocenters. The van der Waals surface area contributed by atoms with E-state index in [0.717, 1.165) is 29.3 Å². The molecule has 0 aliphatic heterocycles. The summed E-state index contributed by atoms with van der Waals surface area (Å²) in [6.45, 7) is 2.21. The van der Waals surface area contributed by atoms with Crippen LogP contribution in [-0.2, 0) is 0 Å². The Morgan fingerprint density at radius 3 is 2.70 bits per heavy atom. The number of aromatic amines is 1. The van der Waals surface area contributed by atoms with Crippen molar-refractivity contribution in [2.24, 2.45) is 0 Å². The number of carbonyl (C=O) groups excluding carboxylic acids is 1. The van der Waals surface area contributed by atoms with Gasteiger partial charge in [0.2, 0.25) is 0 Å². The van der Waals surface area contributed by atoms with Crippen molar-refractivity contribution in [3.63, 3.8) is 0 Å². The highest BCUT2D eigenvalue weighted by Crippen LogP contribution is 2.24. The number of fused-ring (bicyclic) bond motifs is 1. The summed E-state index contributed by atoms with van der Waals surface area (Å²) in [6, 6.07) is 5.61. The largest absolute Gasteiger partial charge is 0.360 e. The lowest BCUT2D eigenvalue weighted by atomic mass is 10.0. The molecule has 0 saturated heterocycles. The first-order chi connectivity index (χ1) is 9.72. The maximum Gasteiger partial charge on any atom is 0.165 e. The molecule has 0 aliphatic carbocycles. The SMILES string of the molecule is CCCCCCCCC(=O)c1c[nH]c2ccc(Cl)cc12. The number of hydrogen-bond acceptors (Lipinski definition) is 1. The highest BCUT2D eigenvalue weighted by Gasteiger charge is 2.11. The van der Waals surface area contributed by atoms with Gasteiger partial charge in [-0.05, 0) is 24.6 Å². The average Bonchev–Trinajstić information content (AvgIpc) is 2.85. The van der Waals surface area contributed by atoms with Gasteiger partial charge >= 0.3 is 0 Å². The number of carbonyl (C=O) groups is 1. The molecular weight excluding hydrogens is 270 g/mol. The summed E-state index contributed by atoms with van der Waals surface area (Å²) >= 11 is 6.00. The van der Waals surface area contributed by atoms with Gasteiger partial charge in [-0.25, -0.2) is 0 Å². The van der Waals surface area contributed by atoms with Crippen LogP contribution in [0.15, 0.2) is 24.4 Å². The monoisotopic (exact) mass is 291 g/mol. The number of Topliss-reactive ketones (excluding diaryl/α,β-unsaturated/α-hetero) is 1. The second kappa shape index (κ2) is 7.49.